The summed E-state index contributed by atoms with van der Waals surface area (Å²) >= 11 is 0. The second kappa shape index (κ2) is 10.7. The molecule has 0 aliphatic heterocycles. The van der Waals surface area contributed by atoms with Crippen molar-refractivity contribution in [1.29, 1.82) is 0 Å². The number of nitrogens with zero attached hydrogens (tertiary/aromatic N) is 1. The molecule has 0 saturated heterocycles. The first kappa shape index (κ1) is 21.0. The van der Waals surface area contributed by atoms with E-state index in [2.05, 4.69) is 34.7 Å². The molecule has 0 fully saturated rings. The van der Waals surface area contributed by atoms with E-state index in [9.17, 15) is 13.2 Å². The van der Waals surface area contributed by atoms with Crippen LogP contribution in [0.4, 0.5) is 13.2 Å². The SMILES string of the molecule is CCC(CNC(=NC)NCCC(F)(F)F)c1ccccc1.I. The van der Waals surface area contributed by atoms with Gasteiger partial charge in [0.1, 0.15) is 0 Å². The zero-order chi connectivity index (χ0) is 15.7. The van der Waals surface area contributed by atoms with Gasteiger partial charge in [0.25, 0.3) is 0 Å². The zero-order valence-corrected chi connectivity index (χ0v) is 15.1. The van der Waals surface area contributed by atoms with Crippen LogP contribution in [0.15, 0.2) is 35.3 Å². The fourth-order valence-corrected chi connectivity index (χ4v) is 1.99. The maximum absolute atomic E-state index is 12.1. The first-order valence-corrected chi connectivity index (χ1v) is 7.02. The topological polar surface area (TPSA) is 36.4 Å². The third-order valence-corrected chi connectivity index (χ3v) is 3.20. The molecular formula is C15H23F3IN3. The summed E-state index contributed by atoms with van der Waals surface area (Å²) in [6.45, 7) is 2.54. The highest BCUT2D eigenvalue weighted by Crippen LogP contribution is 2.19. The molecule has 0 aromatic heterocycles. The monoisotopic (exact) mass is 429 g/mol. The molecule has 7 heteroatoms. The van der Waals surface area contributed by atoms with Gasteiger partial charge in [0.2, 0.25) is 0 Å². The van der Waals surface area contributed by atoms with Crippen molar-refractivity contribution in [2.45, 2.75) is 31.9 Å². The molecule has 1 unspecified atom stereocenters. The Hall–Kier alpha value is -0.990. The van der Waals surface area contributed by atoms with E-state index in [1.807, 2.05) is 18.2 Å². The standard InChI is InChI=1S/C15H22F3N3.HI/c1-3-12(13-7-5-4-6-8-13)11-21-14(19-2)20-10-9-15(16,17)18;/h4-8,12H,3,9-11H2,1-2H3,(H2,19,20,21);1H. The quantitative estimate of drug-likeness (QED) is 0.409. The number of alkyl halides is 3. The molecule has 2 N–H and O–H groups in total. The predicted octanol–water partition coefficient (Wildman–Crippen LogP) is 3.92. The van der Waals surface area contributed by atoms with Crippen molar-refractivity contribution < 1.29 is 13.2 Å². The smallest absolute Gasteiger partial charge is 0.356 e. The van der Waals surface area contributed by atoms with Gasteiger partial charge in [-0.1, -0.05) is 37.3 Å². The number of hydrogen-bond donors (Lipinski definition) is 2. The molecule has 0 aliphatic carbocycles. The Morgan fingerprint density at radius 1 is 1.18 bits per heavy atom. The van der Waals surface area contributed by atoms with E-state index < -0.39 is 12.6 Å². The summed E-state index contributed by atoms with van der Waals surface area (Å²) in [6, 6.07) is 10.0. The van der Waals surface area contributed by atoms with Gasteiger partial charge in [0.05, 0.1) is 6.42 Å². The van der Waals surface area contributed by atoms with E-state index >= 15 is 0 Å². The highest BCUT2D eigenvalue weighted by atomic mass is 127. The molecule has 0 aliphatic rings. The minimum absolute atomic E-state index is 0. The molecule has 126 valence electrons. The van der Waals surface area contributed by atoms with Gasteiger partial charge in [-0.2, -0.15) is 13.2 Å². The van der Waals surface area contributed by atoms with Gasteiger partial charge < -0.3 is 10.6 Å². The molecule has 22 heavy (non-hydrogen) atoms. The Morgan fingerprint density at radius 3 is 2.32 bits per heavy atom. The van der Waals surface area contributed by atoms with Crippen LogP contribution in [0.5, 0.6) is 0 Å². The van der Waals surface area contributed by atoms with E-state index in [0.717, 1.165) is 6.42 Å². The van der Waals surface area contributed by atoms with Crippen molar-refractivity contribution in [2.24, 2.45) is 4.99 Å². The van der Waals surface area contributed by atoms with Gasteiger partial charge in [-0.3, -0.25) is 4.99 Å². The summed E-state index contributed by atoms with van der Waals surface area (Å²) in [7, 11) is 1.55. The van der Waals surface area contributed by atoms with Gasteiger partial charge in [0, 0.05) is 26.1 Å². The number of guanidine groups is 1. The van der Waals surface area contributed by atoms with E-state index in [1.54, 1.807) is 7.05 Å². The molecule has 0 saturated carbocycles. The van der Waals surface area contributed by atoms with Gasteiger partial charge in [-0.25, -0.2) is 0 Å². The van der Waals surface area contributed by atoms with Crippen molar-refractivity contribution in [3.63, 3.8) is 0 Å². The summed E-state index contributed by atoms with van der Waals surface area (Å²) in [5.74, 6) is 0.695. The number of halogens is 4. The zero-order valence-electron chi connectivity index (χ0n) is 12.8. The lowest BCUT2D eigenvalue weighted by atomic mass is 9.97. The minimum Gasteiger partial charge on any atom is -0.356 e. The van der Waals surface area contributed by atoms with Crippen LogP contribution in [-0.2, 0) is 0 Å². The summed E-state index contributed by atoms with van der Waals surface area (Å²) in [4.78, 5) is 3.93. The maximum Gasteiger partial charge on any atom is 0.390 e. The van der Waals surface area contributed by atoms with Crippen LogP contribution in [0.25, 0.3) is 0 Å². The lowest BCUT2D eigenvalue weighted by molar-refractivity contribution is -0.132. The van der Waals surface area contributed by atoms with Crippen molar-refractivity contribution in [3.05, 3.63) is 35.9 Å². The molecule has 0 spiro atoms. The second-order valence-corrected chi connectivity index (χ2v) is 4.76. The molecule has 1 aromatic rings. The van der Waals surface area contributed by atoms with Crippen molar-refractivity contribution in [3.8, 4) is 0 Å². The molecule has 1 aromatic carbocycles. The average Bonchev–Trinajstić information content (AvgIpc) is 2.46. The van der Waals surface area contributed by atoms with Crippen molar-refractivity contribution >= 4 is 29.9 Å². The molecule has 1 rings (SSSR count). The molecule has 0 radical (unpaired) electrons. The van der Waals surface area contributed by atoms with Crippen LogP contribution in [0.1, 0.15) is 31.2 Å². The normalized spacial score (nSPS) is 13.2. The van der Waals surface area contributed by atoms with Gasteiger partial charge in [0.15, 0.2) is 5.96 Å². The Morgan fingerprint density at radius 2 is 1.82 bits per heavy atom. The largest absolute Gasteiger partial charge is 0.390 e. The van der Waals surface area contributed by atoms with Crippen LogP contribution in [0.2, 0.25) is 0 Å². The molecule has 0 amide bonds. The number of benzene rings is 1. The minimum atomic E-state index is -4.15. The number of hydrogen-bond acceptors (Lipinski definition) is 1. The summed E-state index contributed by atoms with van der Waals surface area (Å²) in [6.07, 6.45) is -4.08. The van der Waals surface area contributed by atoms with Crippen molar-refractivity contribution in [2.75, 3.05) is 20.1 Å². The number of nitrogens with one attached hydrogen (secondary N) is 2. The van der Waals surface area contributed by atoms with Gasteiger partial charge in [-0.05, 0) is 12.0 Å². The van der Waals surface area contributed by atoms with Crippen LogP contribution >= 0.6 is 24.0 Å². The van der Waals surface area contributed by atoms with Crippen LogP contribution in [0.3, 0.4) is 0 Å². The van der Waals surface area contributed by atoms with E-state index in [0.29, 0.717) is 18.4 Å². The molecule has 3 nitrogen and oxygen atoms in total. The van der Waals surface area contributed by atoms with E-state index in [-0.39, 0.29) is 30.5 Å². The second-order valence-electron chi connectivity index (χ2n) is 4.76. The van der Waals surface area contributed by atoms with E-state index in [1.165, 1.54) is 5.56 Å². The number of aliphatic imine (C=N–C) groups is 1. The van der Waals surface area contributed by atoms with Gasteiger partial charge in [-0.15, -0.1) is 24.0 Å². The Kier molecular flexibility index (Phi) is 10.2. The highest BCUT2D eigenvalue weighted by Gasteiger charge is 2.26. The van der Waals surface area contributed by atoms with Crippen LogP contribution in [0, 0.1) is 0 Å². The Bertz CT molecular complexity index is 435. The lowest BCUT2D eigenvalue weighted by Gasteiger charge is -2.18. The first-order chi connectivity index (χ1) is 9.96. The number of rotatable bonds is 6. The van der Waals surface area contributed by atoms with Gasteiger partial charge >= 0.3 is 6.18 Å². The predicted molar refractivity (Wildman–Crippen MR) is 94.9 cm³/mol. The van der Waals surface area contributed by atoms with Crippen LogP contribution < -0.4 is 10.6 Å². The first-order valence-electron chi connectivity index (χ1n) is 7.02. The van der Waals surface area contributed by atoms with E-state index in [4.69, 9.17) is 0 Å². The van der Waals surface area contributed by atoms with Crippen molar-refractivity contribution in [1.82, 2.24) is 10.6 Å². The highest BCUT2D eigenvalue weighted by molar-refractivity contribution is 14.0. The molecular weight excluding hydrogens is 406 g/mol. The third kappa shape index (κ3) is 8.45. The summed E-state index contributed by atoms with van der Waals surface area (Å²) in [5.41, 5.74) is 1.21. The molecule has 0 heterocycles. The Labute approximate surface area is 146 Å². The maximum atomic E-state index is 12.1. The molecule has 1 atom stereocenters. The molecule has 0 bridgehead atoms. The summed E-state index contributed by atoms with van der Waals surface area (Å²) < 4.78 is 36.3. The fourth-order valence-electron chi connectivity index (χ4n) is 1.99. The van der Waals surface area contributed by atoms with Crippen LogP contribution in [-0.4, -0.2) is 32.3 Å². The Balaban J connectivity index is 0.00000441. The average molecular weight is 429 g/mol. The third-order valence-electron chi connectivity index (χ3n) is 3.20. The summed E-state index contributed by atoms with van der Waals surface area (Å²) in [5, 5.41) is 5.75. The lowest BCUT2D eigenvalue weighted by Crippen LogP contribution is -2.40. The fraction of sp³-hybridized carbons (Fsp3) is 0.533.